The maximum atomic E-state index is 11.9. The number of ether oxygens (including phenoxy) is 1. The van der Waals surface area contributed by atoms with Crippen molar-refractivity contribution in [2.75, 3.05) is 18.5 Å². The molecule has 134 valence electrons. The molecule has 1 amide bonds. The summed E-state index contributed by atoms with van der Waals surface area (Å²) in [6.45, 7) is -1.04. The van der Waals surface area contributed by atoms with Crippen LogP contribution in [0.1, 0.15) is 19.1 Å². The third kappa shape index (κ3) is 4.07. The van der Waals surface area contributed by atoms with Crippen LogP contribution in [0.5, 0.6) is 0 Å². The second kappa shape index (κ2) is 7.68. The highest BCUT2D eigenvalue weighted by molar-refractivity contribution is 5.90. The molecule has 4 atom stereocenters. The molecule has 1 aliphatic rings. The Morgan fingerprint density at radius 3 is 2.75 bits per heavy atom. The van der Waals surface area contributed by atoms with E-state index in [1.807, 2.05) is 4.98 Å². The van der Waals surface area contributed by atoms with Gasteiger partial charge in [0.2, 0.25) is 5.91 Å². The number of aliphatic hydroxyl groups excluding tert-OH is 4. The van der Waals surface area contributed by atoms with E-state index >= 15 is 0 Å². The van der Waals surface area contributed by atoms with Gasteiger partial charge in [-0.1, -0.05) is 0 Å². The minimum atomic E-state index is -1.27. The van der Waals surface area contributed by atoms with Gasteiger partial charge >= 0.3 is 5.69 Å². The zero-order valence-electron chi connectivity index (χ0n) is 12.6. The first-order valence-electron chi connectivity index (χ1n) is 7.24. The number of nitrogens with one attached hydrogen (secondary N) is 2. The third-order valence-electron chi connectivity index (χ3n) is 3.57. The lowest BCUT2D eigenvalue weighted by Crippen LogP contribution is -2.35. The topological polar surface area (TPSA) is 174 Å². The van der Waals surface area contributed by atoms with Gasteiger partial charge in [-0.15, -0.1) is 0 Å². The molecule has 0 spiro atoms. The first-order valence-corrected chi connectivity index (χ1v) is 7.24. The summed E-state index contributed by atoms with van der Waals surface area (Å²) in [4.78, 5) is 37.3. The predicted octanol–water partition coefficient (Wildman–Crippen LogP) is -3.14. The van der Waals surface area contributed by atoms with Crippen molar-refractivity contribution in [3.05, 3.63) is 27.0 Å². The molecule has 24 heavy (non-hydrogen) atoms. The number of aromatic nitrogens is 2. The van der Waals surface area contributed by atoms with Crippen molar-refractivity contribution in [1.29, 1.82) is 0 Å². The summed E-state index contributed by atoms with van der Waals surface area (Å²) >= 11 is 0. The van der Waals surface area contributed by atoms with Crippen LogP contribution in [0.25, 0.3) is 0 Å². The fourth-order valence-electron chi connectivity index (χ4n) is 2.32. The van der Waals surface area contributed by atoms with Crippen LogP contribution in [0, 0.1) is 0 Å². The predicted molar refractivity (Wildman–Crippen MR) is 79.3 cm³/mol. The smallest absolute Gasteiger partial charge is 0.330 e. The fourth-order valence-corrected chi connectivity index (χ4v) is 2.32. The van der Waals surface area contributed by atoms with Crippen molar-refractivity contribution in [2.45, 2.75) is 37.4 Å². The number of anilines is 1. The summed E-state index contributed by atoms with van der Waals surface area (Å²) in [5.74, 6) is -0.729. The lowest BCUT2D eigenvalue weighted by Gasteiger charge is -2.15. The van der Waals surface area contributed by atoms with Crippen LogP contribution in [0.4, 0.5) is 5.69 Å². The molecule has 1 unspecified atom stereocenters. The summed E-state index contributed by atoms with van der Waals surface area (Å²) in [6, 6.07) is 0. The van der Waals surface area contributed by atoms with Crippen LogP contribution in [-0.4, -0.2) is 67.4 Å². The zero-order chi connectivity index (χ0) is 17.9. The normalized spacial score (nSPS) is 24.8. The Hall–Kier alpha value is -2.05. The molecule has 0 radical (unpaired) electrons. The lowest BCUT2D eigenvalue weighted by molar-refractivity contribution is -0.118. The number of hydrogen-bond donors (Lipinski definition) is 6. The molecular formula is C13H19N3O8. The standard InChI is InChI=1S/C13H19N3O8/c17-4-6(19)1-10(21)14-7-3-16(13(23)15-12(7)22)11-2-8(20)9(5-18)24-11/h3,6,8-9,11,17-20H,1-2,4-5H2,(H,14,21)(H,15,22,23)/t6?,8-,9+,11+/m0/s1. The van der Waals surface area contributed by atoms with E-state index in [1.165, 1.54) is 0 Å². The van der Waals surface area contributed by atoms with Crippen molar-refractivity contribution in [2.24, 2.45) is 0 Å². The zero-order valence-corrected chi connectivity index (χ0v) is 12.6. The van der Waals surface area contributed by atoms with E-state index in [0.717, 1.165) is 10.8 Å². The van der Waals surface area contributed by atoms with Crippen LogP contribution >= 0.6 is 0 Å². The number of nitrogens with zero attached hydrogens (tertiary/aromatic N) is 1. The second-order valence-corrected chi connectivity index (χ2v) is 5.41. The molecule has 1 saturated heterocycles. The molecule has 2 rings (SSSR count). The van der Waals surface area contributed by atoms with Crippen LogP contribution in [0.3, 0.4) is 0 Å². The van der Waals surface area contributed by atoms with E-state index < -0.39 is 61.3 Å². The highest BCUT2D eigenvalue weighted by Gasteiger charge is 2.35. The molecule has 6 N–H and O–H groups in total. The number of aromatic amines is 1. The Morgan fingerprint density at radius 1 is 1.46 bits per heavy atom. The molecule has 2 heterocycles. The van der Waals surface area contributed by atoms with E-state index in [1.54, 1.807) is 0 Å². The van der Waals surface area contributed by atoms with Crippen molar-refractivity contribution in [3.8, 4) is 0 Å². The summed E-state index contributed by atoms with van der Waals surface area (Å²) in [5.41, 5.74) is -1.90. The Labute approximate surface area is 135 Å². The second-order valence-electron chi connectivity index (χ2n) is 5.41. The van der Waals surface area contributed by atoms with Crippen LogP contribution in [-0.2, 0) is 9.53 Å². The van der Waals surface area contributed by atoms with Gasteiger partial charge in [0, 0.05) is 12.6 Å². The summed E-state index contributed by atoms with van der Waals surface area (Å²) in [6.07, 6.45) is -3.37. The van der Waals surface area contributed by atoms with Gasteiger partial charge in [0.05, 0.1) is 31.8 Å². The lowest BCUT2D eigenvalue weighted by atomic mass is 10.2. The minimum Gasteiger partial charge on any atom is -0.394 e. The molecule has 11 nitrogen and oxygen atoms in total. The molecule has 1 aromatic rings. The highest BCUT2D eigenvalue weighted by atomic mass is 16.5. The maximum Gasteiger partial charge on any atom is 0.330 e. The van der Waals surface area contributed by atoms with Gasteiger partial charge in [-0.2, -0.15) is 0 Å². The molecule has 0 saturated carbocycles. The number of aliphatic hydroxyl groups is 4. The van der Waals surface area contributed by atoms with Gasteiger partial charge < -0.3 is 30.5 Å². The molecule has 1 aliphatic heterocycles. The average molecular weight is 345 g/mol. The van der Waals surface area contributed by atoms with Gasteiger partial charge in [0.15, 0.2) is 0 Å². The minimum absolute atomic E-state index is 0.0216. The number of H-pyrrole nitrogens is 1. The SMILES string of the molecule is O=C(CC(O)CO)Nc1cn([C@H]2C[C@H](O)[C@@H](CO)O2)c(=O)[nH]c1=O. The number of hydrogen-bond acceptors (Lipinski definition) is 8. The van der Waals surface area contributed by atoms with E-state index in [0.29, 0.717) is 0 Å². The Kier molecular flexibility index (Phi) is 5.85. The summed E-state index contributed by atoms with van der Waals surface area (Å²) in [5, 5.41) is 38.9. The van der Waals surface area contributed by atoms with Crippen LogP contribution in [0.15, 0.2) is 15.8 Å². The van der Waals surface area contributed by atoms with E-state index in [-0.39, 0.29) is 12.1 Å². The summed E-state index contributed by atoms with van der Waals surface area (Å²) < 4.78 is 6.31. The third-order valence-corrected chi connectivity index (χ3v) is 3.57. The van der Waals surface area contributed by atoms with Crippen LogP contribution < -0.4 is 16.6 Å². The monoisotopic (exact) mass is 345 g/mol. The summed E-state index contributed by atoms with van der Waals surface area (Å²) in [7, 11) is 0. The van der Waals surface area contributed by atoms with Crippen molar-refractivity contribution < 1.29 is 30.0 Å². The molecule has 0 aromatic carbocycles. The average Bonchev–Trinajstić information content (AvgIpc) is 2.90. The Balaban J connectivity index is 2.21. The van der Waals surface area contributed by atoms with Gasteiger partial charge in [0.25, 0.3) is 5.56 Å². The number of amides is 1. The molecule has 1 aromatic heterocycles. The molecule has 1 fully saturated rings. The molecule has 11 heteroatoms. The quantitative estimate of drug-likeness (QED) is 0.313. The highest BCUT2D eigenvalue weighted by Crippen LogP contribution is 2.27. The fraction of sp³-hybridized carbons (Fsp3) is 0.615. The number of carbonyl (C=O) groups is 1. The molecule has 0 bridgehead atoms. The van der Waals surface area contributed by atoms with Gasteiger partial charge in [-0.05, 0) is 0 Å². The molecule has 0 aliphatic carbocycles. The van der Waals surface area contributed by atoms with Crippen molar-refractivity contribution in [3.63, 3.8) is 0 Å². The van der Waals surface area contributed by atoms with Crippen LogP contribution in [0.2, 0.25) is 0 Å². The number of rotatable bonds is 6. The van der Waals surface area contributed by atoms with Gasteiger partial charge in [-0.3, -0.25) is 19.1 Å². The number of carbonyl (C=O) groups excluding carboxylic acids is 1. The first kappa shape index (κ1) is 18.3. The maximum absolute atomic E-state index is 11.9. The first-order chi connectivity index (χ1) is 11.3. The van der Waals surface area contributed by atoms with Crippen molar-refractivity contribution >= 4 is 11.6 Å². The van der Waals surface area contributed by atoms with E-state index in [4.69, 9.17) is 14.9 Å². The Bertz CT molecular complexity index is 699. The van der Waals surface area contributed by atoms with Gasteiger partial charge in [0.1, 0.15) is 18.0 Å². The molecular weight excluding hydrogens is 326 g/mol. The van der Waals surface area contributed by atoms with Crippen molar-refractivity contribution in [1.82, 2.24) is 9.55 Å². The van der Waals surface area contributed by atoms with E-state index in [9.17, 15) is 24.6 Å². The Morgan fingerprint density at radius 2 is 2.17 bits per heavy atom. The van der Waals surface area contributed by atoms with Gasteiger partial charge in [-0.25, -0.2) is 4.79 Å². The van der Waals surface area contributed by atoms with E-state index in [2.05, 4.69) is 5.32 Å². The largest absolute Gasteiger partial charge is 0.394 e.